The van der Waals surface area contributed by atoms with Crippen LogP contribution in [0.4, 0.5) is 9.93 Å². The molecule has 2 aromatic carbocycles. The van der Waals surface area contributed by atoms with E-state index >= 15 is 0 Å². The zero-order chi connectivity index (χ0) is 26.7. The molecular formula is C25H35N5O3S. The summed E-state index contributed by atoms with van der Waals surface area (Å²) in [7, 11) is 3.28. The summed E-state index contributed by atoms with van der Waals surface area (Å²) in [5.41, 5.74) is 4.29. The number of hydrogen-bond acceptors (Lipinski definition) is 6. The Labute approximate surface area is 206 Å². The van der Waals surface area contributed by atoms with Crippen LogP contribution in [-0.2, 0) is 9.59 Å². The standard InChI is InChI=1S/C19H20N4O2S.2C2H6.CHN.CH2O/c1-12-5-4-6-13(9-12)14-7-8-15-16(10-14)26-19(21-15)22-18(25)20-11-17(24)23(2)3;4*1-2/h4-10H,11H2,1-3H3,(H2,20,21,22,25);2*1-2H3;1H;1H2. The van der Waals surface area contributed by atoms with Gasteiger partial charge in [0.05, 0.1) is 16.8 Å². The predicted molar refractivity (Wildman–Crippen MR) is 142 cm³/mol. The molecule has 0 aliphatic carbocycles. The van der Waals surface area contributed by atoms with Crippen LogP contribution >= 0.6 is 11.3 Å². The maximum absolute atomic E-state index is 11.9. The van der Waals surface area contributed by atoms with Crippen LogP contribution in [0.2, 0.25) is 0 Å². The Hall–Kier alpha value is -3.77. The average Bonchev–Trinajstić information content (AvgIpc) is 3.28. The van der Waals surface area contributed by atoms with Crippen molar-refractivity contribution in [3.63, 3.8) is 0 Å². The molecule has 0 fully saturated rings. The van der Waals surface area contributed by atoms with E-state index in [1.54, 1.807) is 14.1 Å². The molecule has 3 amide bonds. The molecule has 0 atom stereocenters. The number of nitrogens with zero attached hydrogens (tertiary/aromatic N) is 3. The first-order valence-electron chi connectivity index (χ1n) is 10.7. The van der Waals surface area contributed by atoms with Crippen molar-refractivity contribution in [2.45, 2.75) is 34.6 Å². The lowest BCUT2D eigenvalue weighted by atomic mass is 10.0. The molecule has 8 nitrogen and oxygen atoms in total. The third kappa shape index (κ3) is 10.7. The molecule has 34 heavy (non-hydrogen) atoms. The molecule has 0 spiro atoms. The number of carbonyl (C=O) groups is 3. The number of fused-ring (bicyclic) bond motifs is 1. The molecule has 9 heteroatoms. The van der Waals surface area contributed by atoms with Gasteiger partial charge in [-0.1, -0.05) is 74.9 Å². The van der Waals surface area contributed by atoms with Crippen LogP contribution in [0.3, 0.4) is 0 Å². The van der Waals surface area contributed by atoms with Gasteiger partial charge in [0.1, 0.15) is 6.79 Å². The summed E-state index contributed by atoms with van der Waals surface area (Å²) in [6.45, 7) is 15.5. The van der Waals surface area contributed by atoms with Gasteiger partial charge in [-0.3, -0.25) is 10.1 Å². The van der Waals surface area contributed by atoms with Gasteiger partial charge in [0.2, 0.25) is 5.91 Å². The van der Waals surface area contributed by atoms with Gasteiger partial charge in [-0.15, -0.1) is 0 Å². The van der Waals surface area contributed by atoms with E-state index in [2.05, 4.69) is 53.4 Å². The summed E-state index contributed by atoms with van der Waals surface area (Å²) < 4.78 is 0.990. The second-order valence-electron chi connectivity index (χ2n) is 6.17. The molecule has 0 bridgehead atoms. The summed E-state index contributed by atoms with van der Waals surface area (Å²) in [6, 6.07) is 13.9. The summed E-state index contributed by atoms with van der Waals surface area (Å²) in [5.74, 6) is -0.174. The number of benzene rings is 2. The Morgan fingerprint density at radius 2 is 1.62 bits per heavy atom. The number of rotatable bonds is 4. The SMILES string of the molecule is C#N.C=O.CC.CC.Cc1cccc(-c2ccc3nc(NC(=O)NCC(=O)N(C)C)sc3c2)c1. The van der Waals surface area contributed by atoms with Gasteiger partial charge in [0, 0.05) is 20.7 Å². The maximum atomic E-state index is 11.9. The fourth-order valence-electron chi connectivity index (χ4n) is 2.44. The van der Waals surface area contributed by atoms with Crippen LogP contribution in [0.15, 0.2) is 42.5 Å². The molecule has 0 radical (unpaired) electrons. The van der Waals surface area contributed by atoms with E-state index in [1.165, 1.54) is 21.8 Å². The van der Waals surface area contributed by atoms with Gasteiger partial charge in [-0.2, -0.15) is 0 Å². The van der Waals surface area contributed by atoms with Crippen LogP contribution in [0.1, 0.15) is 33.3 Å². The zero-order valence-electron chi connectivity index (χ0n) is 21.0. The van der Waals surface area contributed by atoms with Gasteiger partial charge in [0.25, 0.3) is 0 Å². The molecule has 0 unspecified atom stereocenters. The van der Waals surface area contributed by atoms with E-state index in [-0.39, 0.29) is 12.5 Å². The minimum Gasteiger partial charge on any atom is -0.347 e. The second-order valence-corrected chi connectivity index (χ2v) is 7.20. The summed E-state index contributed by atoms with van der Waals surface area (Å²) in [4.78, 5) is 37.3. The van der Waals surface area contributed by atoms with Crippen molar-refractivity contribution in [1.82, 2.24) is 15.2 Å². The van der Waals surface area contributed by atoms with Crippen molar-refractivity contribution in [1.29, 1.82) is 5.26 Å². The molecule has 2 N–H and O–H groups in total. The van der Waals surface area contributed by atoms with Crippen LogP contribution in [0.5, 0.6) is 0 Å². The van der Waals surface area contributed by atoms with Gasteiger partial charge < -0.3 is 15.0 Å². The minimum atomic E-state index is -0.446. The molecule has 0 aliphatic rings. The van der Waals surface area contributed by atoms with E-state index in [1.807, 2.05) is 52.7 Å². The van der Waals surface area contributed by atoms with Crippen LogP contribution in [0.25, 0.3) is 21.3 Å². The van der Waals surface area contributed by atoms with Crippen molar-refractivity contribution < 1.29 is 14.4 Å². The van der Waals surface area contributed by atoms with E-state index < -0.39 is 6.03 Å². The topological polar surface area (TPSA) is 115 Å². The molecule has 0 saturated heterocycles. The lowest BCUT2D eigenvalue weighted by Gasteiger charge is -2.10. The first-order valence-corrected chi connectivity index (χ1v) is 11.5. The zero-order valence-corrected chi connectivity index (χ0v) is 21.8. The van der Waals surface area contributed by atoms with Gasteiger partial charge in [0.15, 0.2) is 5.13 Å². The van der Waals surface area contributed by atoms with Crippen LogP contribution < -0.4 is 10.6 Å². The fraction of sp³-hybridized carbons (Fsp3) is 0.320. The van der Waals surface area contributed by atoms with Gasteiger partial charge in [-0.25, -0.2) is 15.0 Å². The highest BCUT2D eigenvalue weighted by Gasteiger charge is 2.11. The van der Waals surface area contributed by atoms with Crippen molar-refractivity contribution in [2.75, 3.05) is 26.0 Å². The maximum Gasteiger partial charge on any atom is 0.321 e. The molecule has 184 valence electrons. The number of anilines is 1. The predicted octanol–water partition coefficient (Wildman–Crippen LogP) is 5.49. The van der Waals surface area contributed by atoms with Gasteiger partial charge >= 0.3 is 6.03 Å². The summed E-state index contributed by atoms with van der Waals surface area (Å²) in [6.07, 6.45) is 0. The largest absolute Gasteiger partial charge is 0.347 e. The molecular weight excluding hydrogens is 450 g/mol. The van der Waals surface area contributed by atoms with Gasteiger partial charge in [-0.05, 0) is 30.2 Å². The summed E-state index contributed by atoms with van der Waals surface area (Å²) >= 11 is 1.40. The van der Waals surface area contributed by atoms with E-state index in [9.17, 15) is 9.59 Å². The van der Waals surface area contributed by atoms with Crippen LogP contribution in [-0.4, -0.2) is 49.3 Å². The molecule has 3 aromatic rings. The van der Waals surface area contributed by atoms with Crippen molar-refractivity contribution in [2.24, 2.45) is 0 Å². The van der Waals surface area contributed by atoms with E-state index in [0.717, 1.165) is 21.3 Å². The number of urea groups is 1. The Morgan fingerprint density at radius 3 is 2.18 bits per heavy atom. The normalized spacial score (nSPS) is 8.62. The quantitative estimate of drug-likeness (QED) is 0.507. The minimum absolute atomic E-state index is 0.0543. The Kier molecular flexibility index (Phi) is 17.9. The van der Waals surface area contributed by atoms with Crippen molar-refractivity contribution >= 4 is 45.4 Å². The first-order chi connectivity index (χ1) is 16.4. The number of amides is 3. The van der Waals surface area contributed by atoms with Crippen LogP contribution in [0, 0.1) is 18.8 Å². The Bertz CT molecular complexity index is 1030. The highest BCUT2D eigenvalue weighted by atomic mass is 32.1. The highest BCUT2D eigenvalue weighted by molar-refractivity contribution is 7.22. The molecule has 1 aromatic heterocycles. The molecule has 0 aliphatic heterocycles. The lowest BCUT2D eigenvalue weighted by Crippen LogP contribution is -2.38. The Balaban J connectivity index is 0. The monoisotopic (exact) mass is 485 g/mol. The lowest BCUT2D eigenvalue weighted by molar-refractivity contribution is -0.127. The number of likely N-dealkylation sites (N-methyl/N-ethyl adjacent to an activating group) is 1. The third-order valence-electron chi connectivity index (χ3n) is 3.86. The molecule has 3 rings (SSSR count). The van der Waals surface area contributed by atoms with E-state index in [0.29, 0.717) is 5.13 Å². The van der Waals surface area contributed by atoms with Crippen molar-refractivity contribution in [3.05, 3.63) is 48.0 Å². The fourth-order valence-corrected chi connectivity index (χ4v) is 3.34. The summed E-state index contributed by atoms with van der Waals surface area (Å²) in [5, 5.41) is 12.2. The number of nitriles is 1. The first kappa shape index (κ1) is 32.4. The Morgan fingerprint density at radius 1 is 1.03 bits per heavy atom. The third-order valence-corrected chi connectivity index (χ3v) is 4.79. The molecule has 1 heterocycles. The smallest absolute Gasteiger partial charge is 0.321 e. The number of aryl methyl sites for hydroxylation is 1. The highest BCUT2D eigenvalue weighted by Crippen LogP contribution is 2.30. The number of carbonyl (C=O) groups excluding carboxylic acids is 3. The average molecular weight is 486 g/mol. The number of aromatic nitrogens is 1. The van der Waals surface area contributed by atoms with E-state index in [4.69, 9.17) is 10.1 Å². The number of hydrogen-bond donors (Lipinski definition) is 2. The molecule has 0 saturated carbocycles. The second kappa shape index (κ2) is 18.8. The number of thiazole rings is 1. The van der Waals surface area contributed by atoms with Crippen molar-refractivity contribution in [3.8, 4) is 17.7 Å². The number of nitrogens with one attached hydrogen (secondary N) is 2.